The number of H-pyrrole nitrogens is 1. The molecule has 0 amide bonds. The zero-order chi connectivity index (χ0) is 27.0. The first-order valence-electron chi connectivity index (χ1n) is 13.0. The standard InChI is InChI=1S/C29H36N2O5S/c1-6-15-29(16-7-2)25(32)23(26(33)36-29)24(28(3,4)5)20-12-10-11-19(17-20)18-37(34,35)27-30-21-13-8-9-14-22(21)31-27/h8-14,17,23-24H,6-7,15-16,18H2,1-5H3,(H,30,31). The Kier molecular flexibility index (Phi) is 7.34. The van der Waals surface area contributed by atoms with Crippen molar-refractivity contribution in [3.63, 3.8) is 0 Å². The molecule has 2 atom stereocenters. The van der Waals surface area contributed by atoms with Gasteiger partial charge in [-0.3, -0.25) is 9.59 Å². The number of carbonyl (C=O) groups excluding carboxylic acids is 2. The van der Waals surface area contributed by atoms with Crippen LogP contribution in [0.3, 0.4) is 0 Å². The Labute approximate surface area is 218 Å². The Morgan fingerprint density at radius 1 is 1.03 bits per heavy atom. The lowest BCUT2D eigenvalue weighted by molar-refractivity contribution is -0.154. The highest BCUT2D eigenvalue weighted by molar-refractivity contribution is 7.90. The molecule has 1 saturated heterocycles. The number of sulfone groups is 1. The number of benzene rings is 2. The number of aromatic nitrogens is 2. The highest BCUT2D eigenvalue weighted by Crippen LogP contribution is 2.48. The number of imidazole rings is 1. The molecule has 0 spiro atoms. The van der Waals surface area contributed by atoms with Crippen molar-refractivity contribution in [2.45, 2.75) is 82.7 Å². The number of ketones is 1. The van der Waals surface area contributed by atoms with Gasteiger partial charge in [0.25, 0.3) is 0 Å². The van der Waals surface area contributed by atoms with Crippen LogP contribution in [0.25, 0.3) is 11.0 Å². The number of ether oxygens (including phenoxy) is 1. The minimum Gasteiger partial charge on any atom is -0.450 e. The maximum absolute atomic E-state index is 13.8. The largest absolute Gasteiger partial charge is 0.450 e. The Bertz CT molecular complexity index is 1380. The number of hydrogen-bond donors (Lipinski definition) is 1. The molecule has 0 aliphatic carbocycles. The molecule has 1 fully saturated rings. The number of para-hydroxylation sites is 2. The van der Waals surface area contributed by atoms with Crippen LogP contribution in [0.5, 0.6) is 0 Å². The van der Waals surface area contributed by atoms with Gasteiger partial charge in [-0.25, -0.2) is 13.4 Å². The van der Waals surface area contributed by atoms with Gasteiger partial charge in [-0.05, 0) is 41.5 Å². The van der Waals surface area contributed by atoms with Crippen LogP contribution in [0.2, 0.25) is 0 Å². The minimum atomic E-state index is -3.75. The van der Waals surface area contributed by atoms with Gasteiger partial charge in [0.1, 0.15) is 5.92 Å². The molecule has 2 unspecified atom stereocenters. The summed E-state index contributed by atoms with van der Waals surface area (Å²) in [4.78, 5) is 34.2. The number of rotatable bonds is 9. The fourth-order valence-electron chi connectivity index (χ4n) is 5.70. The third kappa shape index (κ3) is 5.21. The van der Waals surface area contributed by atoms with Crippen LogP contribution in [0, 0.1) is 11.3 Å². The van der Waals surface area contributed by atoms with Crippen molar-refractivity contribution >= 4 is 32.6 Å². The number of hydrogen-bond acceptors (Lipinski definition) is 6. The van der Waals surface area contributed by atoms with E-state index in [-0.39, 0.29) is 16.7 Å². The normalized spacial score (nSPS) is 18.8. The van der Waals surface area contributed by atoms with Crippen LogP contribution in [-0.2, 0) is 29.9 Å². The molecule has 1 aliphatic rings. The lowest BCUT2D eigenvalue weighted by atomic mass is 9.66. The highest BCUT2D eigenvalue weighted by atomic mass is 32.2. The molecule has 2 aromatic carbocycles. The summed E-state index contributed by atoms with van der Waals surface area (Å²) in [7, 11) is -3.75. The third-order valence-corrected chi connectivity index (χ3v) is 8.68. The van der Waals surface area contributed by atoms with E-state index in [1.807, 2.05) is 46.8 Å². The summed E-state index contributed by atoms with van der Waals surface area (Å²) >= 11 is 0. The van der Waals surface area contributed by atoms with E-state index in [0.717, 1.165) is 18.4 Å². The van der Waals surface area contributed by atoms with Crippen molar-refractivity contribution < 1.29 is 22.7 Å². The molecule has 4 rings (SSSR count). The average molecular weight is 525 g/mol. The molecule has 1 aliphatic heterocycles. The Morgan fingerprint density at radius 3 is 2.32 bits per heavy atom. The number of nitrogens with one attached hydrogen (secondary N) is 1. The summed E-state index contributed by atoms with van der Waals surface area (Å²) in [5.74, 6) is -2.28. The van der Waals surface area contributed by atoms with E-state index in [9.17, 15) is 18.0 Å². The molecular weight excluding hydrogens is 488 g/mol. The monoisotopic (exact) mass is 524 g/mol. The Hall–Kier alpha value is -3.00. The van der Waals surface area contributed by atoms with E-state index < -0.39 is 38.7 Å². The van der Waals surface area contributed by atoms with Gasteiger partial charge in [-0.2, -0.15) is 0 Å². The zero-order valence-corrected chi connectivity index (χ0v) is 23.0. The fraction of sp³-hybridized carbons (Fsp3) is 0.483. The fourth-order valence-corrected chi connectivity index (χ4v) is 6.96. The number of aromatic amines is 1. The quantitative estimate of drug-likeness (QED) is 0.282. The van der Waals surface area contributed by atoms with E-state index in [0.29, 0.717) is 29.4 Å². The average Bonchev–Trinajstić information content (AvgIpc) is 3.35. The maximum Gasteiger partial charge on any atom is 0.318 e. The summed E-state index contributed by atoms with van der Waals surface area (Å²) in [5, 5.41) is -0.0788. The van der Waals surface area contributed by atoms with E-state index in [1.54, 1.807) is 36.4 Å². The van der Waals surface area contributed by atoms with Crippen molar-refractivity contribution in [2.75, 3.05) is 0 Å². The Balaban J connectivity index is 1.69. The Morgan fingerprint density at radius 2 is 1.70 bits per heavy atom. The first-order chi connectivity index (χ1) is 17.4. The van der Waals surface area contributed by atoms with Crippen molar-refractivity contribution in [3.05, 3.63) is 59.7 Å². The topological polar surface area (TPSA) is 106 Å². The van der Waals surface area contributed by atoms with Gasteiger partial charge in [-0.1, -0.05) is 83.9 Å². The second-order valence-corrected chi connectivity index (χ2v) is 13.1. The molecule has 3 aromatic rings. The van der Waals surface area contributed by atoms with E-state index in [4.69, 9.17) is 4.74 Å². The SMILES string of the molecule is CCCC1(CCC)OC(=O)C(C(c2cccc(CS(=O)(=O)c3nc4ccccc4[nH]3)c2)C(C)(C)C)C1=O. The lowest BCUT2D eigenvalue weighted by Gasteiger charge is -2.34. The molecule has 0 radical (unpaired) electrons. The molecule has 0 bridgehead atoms. The molecule has 2 heterocycles. The van der Waals surface area contributed by atoms with Crippen LogP contribution >= 0.6 is 0 Å². The smallest absolute Gasteiger partial charge is 0.318 e. The highest BCUT2D eigenvalue weighted by Gasteiger charge is 2.58. The maximum atomic E-state index is 13.8. The first kappa shape index (κ1) is 27.0. The molecule has 7 nitrogen and oxygen atoms in total. The minimum absolute atomic E-state index is 0.0788. The van der Waals surface area contributed by atoms with Gasteiger partial charge >= 0.3 is 5.97 Å². The lowest BCUT2D eigenvalue weighted by Crippen LogP contribution is -2.40. The van der Waals surface area contributed by atoms with E-state index in [1.165, 1.54) is 0 Å². The van der Waals surface area contributed by atoms with Crippen molar-refractivity contribution in [3.8, 4) is 0 Å². The van der Waals surface area contributed by atoms with Crippen molar-refractivity contribution in [1.29, 1.82) is 0 Å². The van der Waals surface area contributed by atoms with Gasteiger partial charge in [0, 0.05) is 5.92 Å². The molecule has 198 valence electrons. The molecule has 0 saturated carbocycles. The predicted molar refractivity (Wildman–Crippen MR) is 143 cm³/mol. The van der Waals surface area contributed by atoms with Crippen molar-refractivity contribution in [1.82, 2.24) is 9.97 Å². The van der Waals surface area contributed by atoms with Gasteiger partial charge in [0.15, 0.2) is 11.4 Å². The van der Waals surface area contributed by atoms with Crippen LogP contribution in [0.15, 0.2) is 53.7 Å². The third-order valence-electron chi connectivity index (χ3n) is 7.18. The summed E-state index contributed by atoms with van der Waals surface area (Å²) in [6, 6.07) is 14.4. The zero-order valence-electron chi connectivity index (χ0n) is 22.2. The second-order valence-electron chi connectivity index (χ2n) is 11.2. The molecule has 1 aromatic heterocycles. The second kappa shape index (κ2) is 10.0. The predicted octanol–water partition coefficient (Wildman–Crippen LogP) is 5.75. The van der Waals surface area contributed by atoms with Gasteiger partial charge < -0.3 is 9.72 Å². The molecular formula is C29H36N2O5S. The summed E-state index contributed by atoms with van der Waals surface area (Å²) in [6.07, 6.45) is 2.49. The molecule has 37 heavy (non-hydrogen) atoms. The van der Waals surface area contributed by atoms with Gasteiger partial charge in [-0.15, -0.1) is 0 Å². The first-order valence-corrected chi connectivity index (χ1v) is 14.6. The number of carbonyl (C=O) groups is 2. The van der Waals surface area contributed by atoms with Crippen LogP contribution in [-0.4, -0.2) is 35.7 Å². The molecule has 8 heteroatoms. The van der Waals surface area contributed by atoms with Crippen LogP contribution in [0.1, 0.15) is 77.3 Å². The van der Waals surface area contributed by atoms with Crippen LogP contribution in [0.4, 0.5) is 0 Å². The van der Waals surface area contributed by atoms with Gasteiger partial charge in [0.2, 0.25) is 15.0 Å². The number of Topliss-reactive ketones (excluding diaryl/α,β-unsaturated/α-hetero) is 1. The van der Waals surface area contributed by atoms with E-state index >= 15 is 0 Å². The van der Waals surface area contributed by atoms with Crippen LogP contribution < -0.4 is 0 Å². The number of nitrogens with zero attached hydrogens (tertiary/aromatic N) is 1. The number of cyclic esters (lactones) is 1. The summed E-state index contributed by atoms with van der Waals surface area (Å²) < 4.78 is 32.3. The summed E-state index contributed by atoms with van der Waals surface area (Å²) in [6.45, 7) is 9.96. The number of esters is 1. The van der Waals surface area contributed by atoms with Crippen molar-refractivity contribution in [2.24, 2.45) is 11.3 Å². The number of fused-ring (bicyclic) bond motifs is 1. The molecule has 1 N–H and O–H groups in total. The summed E-state index contributed by atoms with van der Waals surface area (Å²) in [5.41, 5.74) is 1.04. The van der Waals surface area contributed by atoms with Gasteiger partial charge in [0.05, 0.1) is 16.8 Å². The van der Waals surface area contributed by atoms with E-state index in [2.05, 4.69) is 9.97 Å².